The van der Waals surface area contributed by atoms with E-state index in [4.69, 9.17) is 9.97 Å². The Labute approximate surface area is 324 Å². The van der Waals surface area contributed by atoms with Gasteiger partial charge >= 0.3 is 0 Å². The zero-order valence-corrected chi connectivity index (χ0v) is 30.4. The molecule has 0 aliphatic heterocycles. The van der Waals surface area contributed by atoms with Gasteiger partial charge in [-0.2, -0.15) is 0 Å². The Balaban J connectivity index is 1.21. The second kappa shape index (κ2) is 13.1. The molecule has 0 aliphatic rings. The minimum absolute atomic E-state index is 0.680. The van der Waals surface area contributed by atoms with Crippen LogP contribution < -0.4 is 0 Å². The fourth-order valence-electron chi connectivity index (χ4n) is 8.35. The summed E-state index contributed by atoms with van der Waals surface area (Å²) in [5.41, 5.74) is 13.8. The van der Waals surface area contributed by atoms with E-state index in [0.29, 0.717) is 5.82 Å². The fourth-order valence-corrected chi connectivity index (χ4v) is 8.35. The lowest BCUT2D eigenvalue weighted by atomic mass is 10.0. The molecule has 4 nitrogen and oxygen atoms in total. The van der Waals surface area contributed by atoms with E-state index < -0.39 is 0 Å². The van der Waals surface area contributed by atoms with E-state index in [9.17, 15) is 0 Å². The van der Waals surface area contributed by atoms with Crippen molar-refractivity contribution in [1.29, 1.82) is 0 Å². The van der Waals surface area contributed by atoms with Gasteiger partial charge in [0.25, 0.3) is 0 Å². The van der Waals surface area contributed by atoms with Crippen molar-refractivity contribution >= 4 is 43.6 Å². The molecule has 0 aliphatic carbocycles. The first-order chi connectivity index (χ1) is 27.8. The summed E-state index contributed by atoms with van der Waals surface area (Å²) < 4.78 is 4.80. The second-order valence-corrected chi connectivity index (χ2v) is 14.3. The van der Waals surface area contributed by atoms with Crippen molar-refractivity contribution < 1.29 is 0 Å². The summed E-state index contributed by atoms with van der Waals surface area (Å²) in [4.78, 5) is 10.6. The molecule has 11 rings (SSSR count). The van der Waals surface area contributed by atoms with Gasteiger partial charge in [0.05, 0.1) is 33.5 Å². The van der Waals surface area contributed by atoms with Crippen molar-refractivity contribution in [3.05, 3.63) is 206 Å². The molecule has 0 unspecified atom stereocenters. The van der Waals surface area contributed by atoms with Crippen molar-refractivity contribution in [2.75, 3.05) is 0 Å². The highest BCUT2D eigenvalue weighted by Gasteiger charge is 2.19. The quantitative estimate of drug-likeness (QED) is 0.172. The van der Waals surface area contributed by atoms with Crippen LogP contribution in [-0.4, -0.2) is 19.1 Å². The normalized spacial score (nSPS) is 11.6. The molecule has 0 saturated heterocycles. The molecule has 0 amide bonds. The van der Waals surface area contributed by atoms with Crippen LogP contribution >= 0.6 is 0 Å². The number of benzene rings is 8. The van der Waals surface area contributed by atoms with Crippen molar-refractivity contribution in [1.82, 2.24) is 19.1 Å². The summed E-state index contributed by atoms with van der Waals surface area (Å²) in [5.74, 6) is 0.680. The van der Waals surface area contributed by atoms with Crippen LogP contribution in [0.5, 0.6) is 0 Å². The van der Waals surface area contributed by atoms with Gasteiger partial charge in [0.15, 0.2) is 5.82 Å². The molecule has 0 radical (unpaired) electrons. The van der Waals surface area contributed by atoms with Gasteiger partial charge in [-0.3, -0.25) is 0 Å². The van der Waals surface area contributed by atoms with Gasteiger partial charge in [0.1, 0.15) is 0 Å². The van der Waals surface area contributed by atoms with Crippen LogP contribution in [0.15, 0.2) is 206 Å². The van der Waals surface area contributed by atoms with Crippen molar-refractivity contribution in [3.63, 3.8) is 0 Å². The van der Waals surface area contributed by atoms with Gasteiger partial charge in [0, 0.05) is 49.6 Å². The van der Waals surface area contributed by atoms with Crippen LogP contribution in [-0.2, 0) is 0 Å². The molecule has 0 bridgehead atoms. The number of nitrogens with zero attached hydrogens (tertiary/aromatic N) is 4. The minimum atomic E-state index is 0.680. The van der Waals surface area contributed by atoms with E-state index in [1.165, 1.54) is 21.5 Å². The molecule has 3 heterocycles. The number of para-hydroxylation sites is 4. The fraction of sp³-hybridized carbons (Fsp3) is 0. The van der Waals surface area contributed by atoms with Gasteiger partial charge in [0.2, 0.25) is 0 Å². The summed E-state index contributed by atoms with van der Waals surface area (Å²) in [5, 5.41) is 4.89. The molecule has 11 aromatic rings. The summed E-state index contributed by atoms with van der Waals surface area (Å²) in [6.07, 6.45) is 0. The lowest BCUT2D eigenvalue weighted by molar-refractivity contribution is 1.13. The van der Waals surface area contributed by atoms with E-state index in [-0.39, 0.29) is 0 Å². The van der Waals surface area contributed by atoms with E-state index >= 15 is 0 Å². The van der Waals surface area contributed by atoms with E-state index in [0.717, 1.165) is 72.6 Å². The average molecular weight is 715 g/mol. The molecule has 4 heteroatoms. The lowest BCUT2D eigenvalue weighted by Crippen LogP contribution is -2.01. The van der Waals surface area contributed by atoms with Crippen LogP contribution in [0.1, 0.15) is 0 Å². The predicted molar refractivity (Wildman–Crippen MR) is 232 cm³/mol. The van der Waals surface area contributed by atoms with Crippen molar-refractivity contribution in [2.45, 2.75) is 0 Å². The van der Waals surface area contributed by atoms with Crippen molar-refractivity contribution in [3.8, 4) is 56.4 Å². The molecule has 0 fully saturated rings. The maximum Gasteiger partial charge on any atom is 0.160 e. The first-order valence-electron chi connectivity index (χ1n) is 19.0. The molecular weight excluding hydrogens is 681 g/mol. The molecule has 262 valence electrons. The molecule has 0 spiro atoms. The standard InChI is InChI=1S/C52H34N4/c1-3-16-35(17-4-1)37-20-15-21-38(30-37)52-53-46(36-18-5-2-6-19-36)34-47(54-52)39-31-40(55-48-26-11-7-22-42(48)43-23-8-12-27-49(43)55)33-41(32-39)56-50-28-13-9-24-44(50)45-25-10-14-29-51(45)56/h1-34H. The zero-order valence-electron chi connectivity index (χ0n) is 30.4. The summed E-state index contributed by atoms with van der Waals surface area (Å²) in [7, 11) is 0. The van der Waals surface area contributed by atoms with E-state index in [1.807, 2.05) is 12.1 Å². The average Bonchev–Trinajstić information content (AvgIpc) is 3.80. The highest BCUT2D eigenvalue weighted by molar-refractivity contribution is 6.10. The molecule has 56 heavy (non-hydrogen) atoms. The van der Waals surface area contributed by atoms with Gasteiger partial charge in [-0.25, -0.2) is 9.97 Å². The Morgan fingerprint density at radius 1 is 0.268 bits per heavy atom. The molecule has 8 aromatic carbocycles. The Morgan fingerprint density at radius 2 is 0.661 bits per heavy atom. The lowest BCUT2D eigenvalue weighted by Gasteiger charge is -2.16. The SMILES string of the molecule is c1ccc(-c2cccc(-c3nc(-c4ccccc4)cc(-c4cc(-n5c6ccccc6c6ccccc65)cc(-n5c6ccccc6c6ccccc65)c4)n3)c2)cc1. The maximum absolute atomic E-state index is 5.40. The number of fused-ring (bicyclic) bond motifs is 6. The molecule has 0 N–H and O–H groups in total. The van der Waals surface area contributed by atoms with Crippen molar-refractivity contribution in [2.24, 2.45) is 0 Å². The monoisotopic (exact) mass is 714 g/mol. The highest BCUT2D eigenvalue weighted by atomic mass is 15.0. The third-order valence-corrected chi connectivity index (χ3v) is 10.9. The predicted octanol–water partition coefficient (Wildman–Crippen LogP) is 13.3. The maximum atomic E-state index is 5.40. The van der Waals surface area contributed by atoms with E-state index in [1.54, 1.807) is 0 Å². The molecular formula is C52H34N4. The van der Waals surface area contributed by atoms with Gasteiger partial charge in [-0.1, -0.05) is 152 Å². The minimum Gasteiger partial charge on any atom is -0.309 e. The van der Waals surface area contributed by atoms with Crippen LogP contribution in [0.3, 0.4) is 0 Å². The molecule has 0 saturated carbocycles. The third kappa shape index (κ3) is 5.31. The topological polar surface area (TPSA) is 35.6 Å². The second-order valence-electron chi connectivity index (χ2n) is 14.3. The van der Waals surface area contributed by atoms with E-state index in [2.05, 4.69) is 203 Å². The zero-order chi connectivity index (χ0) is 37.0. The Morgan fingerprint density at radius 3 is 1.16 bits per heavy atom. The van der Waals surface area contributed by atoms with Crippen LogP contribution in [0.4, 0.5) is 0 Å². The number of hydrogen-bond acceptors (Lipinski definition) is 2. The van der Waals surface area contributed by atoms with Crippen LogP contribution in [0.2, 0.25) is 0 Å². The summed E-state index contributed by atoms with van der Waals surface area (Å²) in [6.45, 7) is 0. The number of hydrogen-bond donors (Lipinski definition) is 0. The molecule has 0 atom stereocenters. The Bertz CT molecular complexity index is 3010. The van der Waals surface area contributed by atoms with Crippen LogP contribution in [0, 0.1) is 0 Å². The Hall–Kier alpha value is -7.56. The van der Waals surface area contributed by atoms with Gasteiger partial charge in [-0.05, 0) is 65.7 Å². The number of rotatable bonds is 6. The van der Waals surface area contributed by atoms with Gasteiger partial charge in [-0.15, -0.1) is 0 Å². The van der Waals surface area contributed by atoms with Crippen LogP contribution in [0.25, 0.3) is 100 Å². The molecule has 3 aromatic heterocycles. The number of aromatic nitrogens is 4. The third-order valence-electron chi connectivity index (χ3n) is 10.9. The highest BCUT2D eigenvalue weighted by Crippen LogP contribution is 2.38. The summed E-state index contributed by atoms with van der Waals surface area (Å²) in [6, 6.07) is 73.3. The summed E-state index contributed by atoms with van der Waals surface area (Å²) >= 11 is 0. The Kier molecular flexibility index (Phi) is 7.46. The first-order valence-corrected chi connectivity index (χ1v) is 19.0. The largest absolute Gasteiger partial charge is 0.309 e. The smallest absolute Gasteiger partial charge is 0.160 e. The first kappa shape index (κ1) is 31.9. The van der Waals surface area contributed by atoms with Gasteiger partial charge < -0.3 is 9.13 Å².